The SMILES string of the molecule is O=S(=O)(c1cncc(F)c1)N1CCCCC1C1CCCN1. The van der Waals surface area contributed by atoms with E-state index in [2.05, 4.69) is 10.3 Å². The molecule has 0 amide bonds. The van der Waals surface area contributed by atoms with Crippen LogP contribution in [0.3, 0.4) is 0 Å². The Morgan fingerprint density at radius 2 is 2.10 bits per heavy atom. The molecule has 1 N–H and O–H groups in total. The topological polar surface area (TPSA) is 62.3 Å². The quantitative estimate of drug-likeness (QED) is 0.919. The van der Waals surface area contributed by atoms with Crippen LogP contribution in [0.15, 0.2) is 23.4 Å². The molecule has 21 heavy (non-hydrogen) atoms. The Kier molecular flexibility index (Phi) is 4.24. The average Bonchev–Trinajstić information content (AvgIpc) is 3.01. The molecule has 116 valence electrons. The van der Waals surface area contributed by atoms with E-state index in [0.29, 0.717) is 6.54 Å². The van der Waals surface area contributed by atoms with Crippen molar-refractivity contribution in [1.29, 1.82) is 0 Å². The van der Waals surface area contributed by atoms with Crippen molar-refractivity contribution in [3.8, 4) is 0 Å². The molecule has 2 fully saturated rings. The van der Waals surface area contributed by atoms with Gasteiger partial charge < -0.3 is 5.32 Å². The molecule has 0 spiro atoms. The highest BCUT2D eigenvalue weighted by Crippen LogP contribution is 2.29. The number of piperidine rings is 1. The van der Waals surface area contributed by atoms with Gasteiger partial charge in [0.1, 0.15) is 10.7 Å². The first-order valence-corrected chi connectivity index (χ1v) is 8.89. The van der Waals surface area contributed by atoms with Crippen LogP contribution in [-0.4, -0.2) is 42.9 Å². The van der Waals surface area contributed by atoms with E-state index in [0.717, 1.165) is 50.9 Å². The largest absolute Gasteiger partial charge is 0.312 e. The van der Waals surface area contributed by atoms with Gasteiger partial charge in [-0.05, 0) is 38.3 Å². The van der Waals surface area contributed by atoms with E-state index in [1.165, 1.54) is 6.20 Å². The molecule has 0 bridgehead atoms. The molecular formula is C14H20FN3O2S. The molecule has 2 aliphatic heterocycles. The molecule has 7 heteroatoms. The number of pyridine rings is 1. The maximum Gasteiger partial charge on any atom is 0.245 e. The van der Waals surface area contributed by atoms with Crippen LogP contribution in [0.2, 0.25) is 0 Å². The van der Waals surface area contributed by atoms with Crippen molar-refractivity contribution >= 4 is 10.0 Å². The average molecular weight is 313 g/mol. The minimum absolute atomic E-state index is 0.0329. The number of nitrogens with one attached hydrogen (secondary N) is 1. The molecule has 2 atom stereocenters. The van der Waals surface area contributed by atoms with E-state index in [4.69, 9.17) is 0 Å². The number of aromatic nitrogens is 1. The van der Waals surface area contributed by atoms with Crippen molar-refractivity contribution in [2.75, 3.05) is 13.1 Å². The summed E-state index contributed by atoms with van der Waals surface area (Å²) in [6, 6.07) is 1.23. The summed E-state index contributed by atoms with van der Waals surface area (Å²) in [5, 5.41) is 3.40. The van der Waals surface area contributed by atoms with Gasteiger partial charge in [-0.15, -0.1) is 0 Å². The number of halogens is 1. The van der Waals surface area contributed by atoms with Crippen LogP contribution in [0.1, 0.15) is 32.1 Å². The second-order valence-corrected chi connectivity index (χ2v) is 7.61. The van der Waals surface area contributed by atoms with E-state index < -0.39 is 15.8 Å². The summed E-state index contributed by atoms with van der Waals surface area (Å²) in [5.41, 5.74) is 0. The predicted octanol–water partition coefficient (Wildman–Crippen LogP) is 1.52. The predicted molar refractivity (Wildman–Crippen MR) is 76.8 cm³/mol. The van der Waals surface area contributed by atoms with Crippen molar-refractivity contribution < 1.29 is 12.8 Å². The molecule has 1 aromatic heterocycles. The third-order valence-corrected chi connectivity index (χ3v) is 6.24. The van der Waals surface area contributed by atoms with Crippen molar-refractivity contribution in [2.45, 2.75) is 49.1 Å². The van der Waals surface area contributed by atoms with E-state index >= 15 is 0 Å². The van der Waals surface area contributed by atoms with Gasteiger partial charge in [0.05, 0.1) is 6.20 Å². The van der Waals surface area contributed by atoms with E-state index in [9.17, 15) is 12.8 Å². The first kappa shape index (κ1) is 14.9. The molecule has 0 saturated carbocycles. The van der Waals surface area contributed by atoms with Gasteiger partial charge in [-0.1, -0.05) is 6.42 Å². The Bertz CT molecular complexity index is 602. The zero-order chi connectivity index (χ0) is 14.9. The molecule has 0 aliphatic carbocycles. The maximum absolute atomic E-state index is 13.3. The zero-order valence-electron chi connectivity index (χ0n) is 11.8. The molecule has 2 saturated heterocycles. The van der Waals surface area contributed by atoms with Gasteiger partial charge in [-0.25, -0.2) is 12.8 Å². The Labute approximate surface area is 124 Å². The number of hydrogen-bond acceptors (Lipinski definition) is 4. The summed E-state index contributed by atoms with van der Waals surface area (Å²) in [4.78, 5) is 3.62. The maximum atomic E-state index is 13.3. The summed E-state index contributed by atoms with van der Waals surface area (Å²) in [6.07, 6.45) is 7.08. The summed E-state index contributed by atoms with van der Waals surface area (Å²) >= 11 is 0. The van der Waals surface area contributed by atoms with Gasteiger partial charge in [0.15, 0.2) is 0 Å². The molecule has 0 radical (unpaired) electrons. The summed E-state index contributed by atoms with van der Waals surface area (Å²) in [7, 11) is -3.68. The van der Waals surface area contributed by atoms with Crippen LogP contribution in [0, 0.1) is 5.82 Å². The lowest BCUT2D eigenvalue weighted by molar-refractivity contribution is 0.211. The van der Waals surface area contributed by atoms with Gasteiger partial charge in [-0.3, -0.25) is 4.98 Å². The van der Waals surface area contributed by atoms with Crippen LogP contribution >= 0.6 is 0 Å². The van der Waals surface area contributed by atoms with Gasteiger partial charge in [-0.2, -0.15) is 4.31 Å². The lowest BCUT2D eigenvalue weighted by Crippen LogP contribution is -2.52. The number of sulfonamides is 1. The first-order valence-electron chi connectivity index (χ1n) is 7.45. The van der Waals surface area contributed by atoms with Crippen molar-refractivity contribution in [3.05, 3.63) is 24.3 Å². The van der Waals surface area contributed by atoms with E-state index in [1.54, 1.807) is 4.31 Å². The minimum Gasteiger partial charge on any atom is -0.312 e. The molecule has 2 unspecified atom stereocenters. The number of hydrogen-bond donors (Lipinski definition) is 1. The molecule has 1 aromatic rings. The van der Waals surface area contributed by atoms with E-state index in [1.807, 2.05) is 0 Å². The van der Waals surface area contributed by atoms with E-state index in [-0.39, 0.29) is 17.0 Å². The van der Waals surface area contributed by atoms with Crippen molar-refractivity contribution in [2.24, 2.45) is 0 Å². The van der Waals surface area contributed by atoms with Crippen LogP contribution in [0.25, 0.3) is 0 Å². The molecule has 3 rings (SSSR count). The number of nitrogens with zero attached hydrogens (tertiary/aromatic N) is 2. The number of rotatable bonds is 3. The standard InChI is InChI=1S/C14H20FN3O2S/c15-11-8-12(10-16-9-11)21(19,20)18-7-2-1-5-14(18)13-4-3-6-17-13/h8-10,13-14,17H,1-7H2. The van der Waals surface area contributed by atoms with Crippen molar-refractivity contribution in [1.82, 2.24) is 14.6 Å². The van der Waals surface area contributed by atoms with Crippen LogP contribution in [0.5, 0.6) is 0 Å². The van der Waals surface area contributed by atoms with Gasteiger partial charge in [0, 0.05) is 24.8 Å². The fourth-order valence-corrected chi connectivity index (χ4v) is 5.04. The van der Waals surface area contributed by atoms with Crippen LogP contribution in [0.4, 0.5) is 4.39 Å². The molecule has 3 heterocycles. The highest BCUT2D eigenvalue weighted by molar-refractivity contribution is 7.89. The van der Waals surface area contributed by atoms with Crippen LogP contribution < -0.4 is 5.32 Å². The fraction of sp³-hybridized carbons (Fsp3) is 0.643. The summed E-state index contributed by atoms with van der Waals surface area (Å²) in [5.74, 6) is -0.622. The normalized spacial score (nSPS) is 27.9. The Morgan fingerprint density at radius 1 is 1.24 bits per heavy atom. The third kappa shape index (κ3) is 2.95. The van der Waals surface area contributed by atoms with Gasteiger partial charge in [0.2, 0.25) is 10.0 Å². The second kappa shape index (κ2) is 5.98. The van der Waals surface area contributed by atoms with Gasteiger partial charge in [0.25, 0.3) is 0 Å². The minimum atomic E-state index is -3.68. The van der Waals surface area contributed by atoms with Gasteiger partial charge >= 0.3 is 0 Å². The Hall–Kier alpha value is -1.05. The Balaban J connectivity index is 1.91. The summed E-state index contributed by atoms with van der Waals surface area (Å²) in [6.45, 7) is 1.44. The molecule has 0 aromatic carbocycles. The third-order valence-electron chi connectivity index (χ3n) is 4.35. The highest BCUT2D eigenvalue weighted by atomic mass is 32.2. The lowest BCUT2D eigenvalue weighted by atomic mass is 9.97. The smallest absolute Gasteiger partial charge is 0.245 e. The Morgan fingerprint density at radius 3 is 2.81 bits per heavy atom. The summed E-state index contributed by atoms with van der Waals surface area (Å²) < 4.78 is 40.5. The second-order valence-electron chi connectivity index (χ2n) is 5.72. The van der Waals surface area contributed by atoms with Crippen molar-refractivity contribution in [3.63, 3.8) is 0 Å². The fourth-order valence-electron chi connectivity index (χ4n) is 3.34. The zero-order valence-corrected chi connectivity index (χ0v) is 12.7. The monoisotopic (exact) mass is 313 g/mol. The molecular weight excluding hydrogens is 293 g/mol. The van der Waals surface area contributed by atoms with Crippen LogP contribution in [-0.2, 0) is 10.0 Å². The highest BCUT2D eigenvalue weighted by Gasteiger charge is 2.38. The molecule has 5 nitrogen and oxygen atoms in total. The molecule has 2 aliphatic rings. The first-order chi connectivity index (χ1) is 10.1. The lowest BCUT2D eigenvalue weighted by Gasteiger charge is -2.38.